The number of likely N-dealkylation sites (tertiary alicyclic amines) is 1. The number of benzene rings is 1. The minimum Gasteiger partial charge on any atom is -0.467 e. The van der Waals surface area contributed by atoms with Crippen LogP contribution in [0.1, 0.15) is 32.8 Å². The third kappa shape index (κ3) is 4.77. The quantitative estimate of drug-likeness (QED) is 0.572. The van der Waals surface area contributed by atoms with E-state index in [2.05, 4.69) is 24.5 Å². The molecule has 8 nitrogen and oxygen atoms in total. The predicted molar refractivity (Wildman–Crippen MR) is 122 cm³/mol. The molecule has 1 aliphatic carbocycles. The van der Waals surface area contributed by atoms with Crippen molar-refractivity contribution < 1.29 is 23.9 Å². The summed E-state index contributed by atoms with van der Waals surface area (Å²) in [6.45, 7) is 8.68. The first-order chi connectivity index (χ1) is 15.7. The Morgan fingerprint density at radius 3 is 2.45 bits per heavy atom. The van der Waals surface area contributed by atoms with Gasteiger partial charge in [0, 0.05) is 37.5 Å². The number of carbonyl (C=O) groups is 3. The van der Waals surface area contributed by atoms with Gasteiger partial charge >= 0.3 is 5.97 Å². The van der Waals surface area contributed by atoms with Crippen molar-refractivity contribution in [2.45, 2.75) is 45.9 Å². The highest BCUT2D eigenvalue weighted by Gasteiger charge is 2.60. The van der Waals surface area contributed by atoms with Gasteiger partial charge in [-0.25, -0.2) is 4.79 Å². The lowest BCUT2D eigenvalue weighted by Crippen LogP contribution is -2.65. The maximum atomic E-state index is 13.3. The molecule has 8 heteroatoms. The maximum absolute atomic E-state index is 13.3. The van der Waals surface area contributed by atoms with E-state index >= 15 is 0 Å². The van der Waals surface area contributed by atoms with Gasteiger partial charge < -0.3 is 25.0 Å². The molecule has 3 aliphatic rings. The van der Waals surface area contributed by atoms with Crippen LogP contribution in [0.15, 0.2) is 30.3 Å². The van der Waals surface area contributed by atoms with Gasteiger partial charge in [-0.2, -0.15) is 0 Å². The fourth-order valence-electron chi connectivity index (χ4n) is 5.13. The fraction of sp³-hybridized carbons (Fsp3) is 0.640. The number of rotatable bonds is 8. The van der Waals surface area contributed by atoms with Crippen LogP contribution in [-0.2, 0) is 30.5 Å². The van der Waals surface area contributed by atoms with Crippen LogP contribution in [0.4, 0.5) is 0 Å². The molecule has 33 heavy (non-hydrogen) atoms. The zero-order chi connectivity index (χ0) is 23.8. The van der Waals surface area contributed by atoms with Crippen LogP contribution in [0.2, 0.25) is 0 Å². The fourth-order valence-corrected chi connectivity index (χ4v) is 5.13. The van der Waals surface area contributed by atoms with E-state index < -0.39 is 18.1 Å². The number of methoxy groups -OCH3 is 1. The minimum atomic E-state index is -0.908. The Kier molecular flexibility index (Phi) is 6.51. The second-order valence-corrected chi connectivity index (χ2v) is 10.5. The molecule has 2 heterocycles. The molecule has 2 saturated heterocycles. The Bertz CT molecular complexity index is 897. The third-order valence-electron chi connectivity index (χ3n) is 7.59. The van der Waals surface area contributed by atoms with Crippen LogP contribution >= 0.6 is 0 Å². The molecule has 1 spiro atoms. The SMILES string of the molecule is COC(=O)C(NC(=O)C1CNCC12CN(C(=O)[C@H]1CC1(C)C)C2)C(C)OCc1ccccc1. The molecule has 3 fully saturated rings. The number of hydrogen-bond donors (Lipinski definition) is 2. The molecule has 3 unspecified atom stereocenters. The number of nitrogens with zero attached hydrogens (tertiary/aromatic N) is 1. The van der Waals surface area contributed by atoms with Crippen LogP contribution in [0.25, 0.3) is 0 Å². The first kappa shape index (κ1) is 23.7. The van der Waals surface area contributed by atoms with Crippen molar-refractivity contribution in [1.29, 1.82) is 0 Å². The van der Waals surface area contributed by atoms with E-state index in [9.17, 15) is 14.4 Å². The van der Waals surface area contributed by atoms with Crippen molar-refractivity contribution in [1.82, 2.24) is 15.5 Å². The summed E-state index contributed by atoms with van der Waals surface area (Å²) in [6.07, 6.45) is 0.364. The first-order valence-electron chi connectivity index (χ1n) is 11.7. The summed E-state index contributed by atoms with van der Waals surface area (Å²) in [7, 11) is 1.30. The van der Waals surface area contributed by atoms with E-state index in [1.807, 2.05) is 35.2 Å². The lowest BCUT2D eigenvalue weighted by Gasteiger charge is -2.50. The number of esters is 1. The molecule has 180 valence electrons. The van der Waals surface area contributed by atoms with Gasteiger partial charge in [-0.1, -0.05) is 44.2 Å². The monoisotopic (exact) mass is 457 g/mol. The summed E-state index contributed by atoms with van der Waals surface area (Å²) in [5.74, 6) is -0.758. The Hall–Kier alpha value is -2.45. The molecule has 1 aromatic rings. The molecule has 2 aliphatic heterocycles. The Labute approximate surface area is 195 Å². The van der Waals surface area contributed by atoms with Crippen LogP contribution in [0, 0.1) is 22.7 Å². The van der Waals surface area contributed by atoms with Crippen molar-refractivity contribution in [2.24, 2.45) is 22.7 Å². The third-order valence-corrected chi connectivity index (χ3v) is 7.59. The molecular weight excluding hydrogens is 422 g/mol. The Morgan fingerprint density at radius 2 is 1.85 bits per heavy atom. The Balaban J connectivity index is 1.36. The van der Waals surface area contributed by atoms with Gasteiger partial charge in [0.15, 0.2) is 6.04 Å². The molecule has 1 saturated carbocycles. The second-order valence-electron chi connectivity index (χ2n) is 10.5. The lowest BCUT2D eigenvalue weighted by atomic mass is 9.70. The van der Waals surface area contributed by atoms with Crippen LogP contribution < -0.4 is 10.6 Å². The van der Waals surface area contributed by atoms with Crippen molar-refractivity contribution >= 4 is 17.8 Å². The summed E-state index contributed by atoms with van der Waals surface area (Å²) >= 11 is 0. The number of nitrogens with one attached hydrogen (secondary N) is 2. The highest BCUT2D eigenvalue weighted by Crippen LogP contribution is 2.54. The smallest absolute Gasteiger partial charge is 0.331 e. The van der Waals surface area contributed by atoms with E-state index in [4.69, 9.17) is 9.47 Å². The highest BCUT2D eigenvalue weighted by molar-refractivity contribution is 5.88. The molecule has 4 atom stereocenters. The van der Waals surface area contributed by atoms with Gasteiger partial charge in [0.05, 0.1) is 25.7 Å². The normalized spacial score (nSPS) is 26.2. The predicted octanol–water partition coefficient (Wildman–Crippen LogP) is 1.34. The minimum absolute atomic E-state index is 0.0914. The molecule has 2 N–H and O–H groups in total. The molecular formula is C25H35N3O5. The zero-order valence-corrected chi connectivity index (χ0v) is 19.9. The standard InChI is InChI=1S/C25H35N3O5/c1-16(33-12-17-8-6-5-7-9-17)20(23(31)32-4)27-21(29)19-11-26-13-25(19)14-28(15-25)22(30)18-10-24(18,2)3/h5-9,16,18-20,26H,10-15H2,1-4H3,(H,27,29)/t16?,18-,19?,20?/m1/s1. The number of hydrogen-bond acceptors (Lipinski definition) is 6. The van der Waals surface area contributed by atoms with Gasteiger partial charge in [-0.05, 0) is 24.3 Å². The first-order valence-corrected chi connectivity index (χ1v) is 11.7. The van der Waals surface area contributed by atoms with Crippen molar-refractivity contribution in [3.63, 3.8) is 0 Å². The van der Waals surface area contributed by atoms with Gasteiger partial charge in [0.2, 0.25) is 11.8 Å². The van der Waals surface area contributed by atoms with Crippen molar-refractivity contribution in [2.75, 3.05) is 33.3 Å². The van der Waals surface area contributed by atoms with E-state index in [1.165, 1.54) is 7.11 Å². The molecule has 0 bridgehead atoms. The summed E-state index contributed by atoms with van der Waals surface area (Å²) in [4.78, 5) is 40.3. The van der Waals surface area contributed by atoms with Crippen LogP contribution in [-0.4, -0.2) is 68.1 Å². The summed E-state index contributed by atoms with van der Waals surface area (Å²) in [5.41, 5.74) is 0.790. The van der Waals surface area contributed by atoms with Crippen molar-refractivity contribution in [3.8, 4) is 0 Å². The topological polar surface area (TPSA) is 97.0 Å². The van der Waals surface area contributed by atoms with Gasteiger partial charge in [-0.3, -0.25) is 9.59 Å². The van der Waals surface area contributed by atoms with Crippen LogP contribution in [0.3, 0.4) is 0 Å². The summed E-state index contributed by atoms with van der Waals surface area (Å²) in [6, 6.07) is 8.75. The lowest BCUT2D eigenvalue weighted by molar-refractivity contribution is -0.154. The number of amides is 2. The van der Waals surface area contributed by atoms with E-state index in [0.29, 0.717) is 32.8 Å². The maximum Gasteiger partial charge on any atom is 0.331 e. The average molecular weight is 458 g/mol. The summed E-state index contributed by atoms with van der Waals surface area (Å²) < 4.78 is 10.8. The van der Waals surface area contributed by atoms with Gasteiger partial charge in [-0.15, -0.1) is 0 Å². The number of carbonyl (C=O) groups excluding carboxylic acids is 3. The largest absolute Gasteiger partial charge is 0.467 e. The Morgan fingerprint density at radius 1 is 1.18 bits per heavy atom. The molecule has 4 rings (SSSR count). The van der Waals surface area contributed by atoms with E-state index in [0.717, 1.165) is 12.0 Å². The number of ether oxygens (including phenoxy) is 2. The molecule has 0 radical (unpaired) electrons. The second kappa shape index (κ2) is 9.06. The van der Waals surface area contributed by atoms with E-state index in [-0.39, 0.29) is 34.5 Å². The van der Waals surface area contributed by atoms with Crippen LogP contribution in [0.5, 0.6) is 0 Å². The van der Waals surface area contributed by atoms with Gasteiger partial charge in [0.1, 0.15) is 0 Å². The molecule has 0 aromatic heterocycles. The zero-order valence-electron chi connectivity index (χ0n) is 19.9. The van der Waals surface area contributed by atoms with Crippen molar-refractivity contribution in [3.05, 3.63) is 35.9 Å². The highest BCUT2D eigenvalue weighted by atomic mass is 16.5. The summed E-state index contributed by atoms with van der Waals surface area (Å²) in [5, 5.41) is 6.19. The molecule has 1 aromatic carbocycles. The molecule has 2 amide bonds. The average Bonchev–Trinajstić information content (AvgIpc) is 3.20. The van der Waals surface area contributed by atoms with E-state index in [1.54, 1.807) is 6.92 Å². The van der Waals surface area contributed by atoms with Gasteiger partial charge in [0.25, 0.3) is 0 Å².